The predicted molar refractivity (Wildman–Crippen MR) is 252 cm³/mol. The third kappa shape index (κ3) is 20.4. The molecule has 0 radical (unpaired) electrons. The minimum absolute atomic E-state index is 0.000421. The molecule has 374 valence electrons. The number of imide groups is 2. The lowest BCUT2D eigenvalue weighted by Crippen LogP contribution is -2.47. The van der Waals surface area contributed by atoms with Gasteiger partial charge in [0.2, 0.25) is 40.0 Å². The summed E-state index contributed by atoms with van der Waals surface area (Å²) in [6, 6.07) is 7.49. The smallest absolute Gasteiger partial charge is 0.253 e. The molecular weight excluding hydrogens is 947 g/mol. The maximum atomic E-state index is 12.6. The Morgan fingerprint density at radius 1 is 0.853 bits per heavy atom. The number of rotatable bonds is 35. The summed E-state index contributed by atoms with van der Waals surface area (Å²) in [5.74, 6) is -2.90. The molecule has 3 fully saturated rings. The van der Waals surface area contributed by atoms with E-state index in [-0.39, 0.29) is 150 Å². The lowest BCUT2D eigenvalue weighted by atomic mass is 9.99. The first kappa shape index (κ1) is 57.5. The molecule has 0 aromatic heterocycles. The maximum absolute atomic E-state index is 12.6. The van der Waals surface area contributed by atoms with E-state index >= 15 is 0 Å². The monoisotopic (exact) mass is 1010 g/mol. The molecule has 0 spiro atoms. The van der Waals surface area contributed by atoms with Gasteiger partial charge < -0.3 is 30.6 Å². The Labute approximate surface area is 407 Å². The largest absolute Gasteiger partial charge is 0.379 e. The fourth-order valence-corrected chi connectivity index (χ4v) is 9.57. The van der Waals surface area contributed by atoms with Gasteiger partial charge in [0.05, 0.1) is 38.2 Å². The van der Waals surface area contributed by atoms with Gasteiger partial charge in [-0.25, -0.2) is 0 Å². The van der Waals surface area contributed by atoms with Crippen molar-refractivity contribution in [3.05, 3.63) is 35.4 Å². The molecule has 23 heteroatoms. The molecule has 1 aromatic rings. The molecule has 3 aliphatic heterocycles. The van der Waals surface area contributed by atoms with Gasteiger partial charge in [0, 0.05) is 89.1 Å². The molecule has 3 saturated heterocycles. The number of likely N-dealkylation sites (tertiary alicyclic amines) is 2. The number of thioether (sulfide) groups is 1. The van der Waals surface area contributed by atoms with Crippen LogP contribution in [0, 0.1) is 5.92 Å². The van der Waals surface area contributed by atoms with Gasteiger partial charge in [0.15, 0.2) is 23.1 Å². The van der Waals surface area contributed by atoms with Gasteiger partial charge in [-0.2, -0.15) is 0 Å². The van der Waals surface area contributed by atoms with Crippen LogP contribution in [0.2, 0.25) is 0 Å². The molecule has 3 aliphatic rings. The SMILES string of the molecule is CCCC(=O)COCC(=O)Cc1ccc(CCC(=O)N2CCC2=O)cc1.C[C@@H](CC(=O)CCSC1CC(=O)N(CCC(=O)NCCOCCOCCC(=O)C2(C(N)=O)SS2)C1=O)C(=O)CNC=O. The number of nitrogens with one attached hydrogen (secondary N) is 2. The van der Waals surface area contributed by atoms with Gasteiger partial charge in [0.1, 0.15) is 19.0 Å². The number of β-lactam (4-membered cyclic amide) rings is 1. The molecule has 3 heterocycles. The van der Waals surface area contributed by atoms with E-state index in [9.17, 15) is 57.5 Å². The van der Waals surface area contributed by atoms with Gasteiger partial charge in [-0.15, -0.1) is 11.8 Å². The highest BCUT2D eigenvalue weighted by molar-refractivity contribution is 8.94. The van der Waals surface area contributed by atoms with Gasteiger partial charge in [-0.05, 0) is 24.0 Å². The van der Waals surface area contributed by atoms with Gasteiger partial charge in [-0.1, -0.05) is 59.7 Å². The van der Waals surface area contributed by atoms with Crippen molar-refractivity contribution in [2.24, 2.45) is 11.7 Å². The maximum Gasteiger partial charge on any atom is 0.253 e. The highest BCUT2D eigenvalue weighted by atomic mass is 33.2. The Kier molecular flexibility index (Phi) is 25.9. The average molecular weight is 1010 g/mol. The molecule has 4 N–H and O–H groups in total. The van der Waals surface area contributed by atoms with Gasteiger partial charge >= 0.3 is 0 Å². The van der Waals surface area contributed by atoms with Crippen molar-refractivity contribution in [3.8, 4) is 0 Å². The number of hydrogen-bond donors (Lipinski definition) is 3. The number of nitrogens with two attached hydrogens (primary N) is 1. The van der Waals surface area contributed by atoms with Crippen molar-refractivity contribution >= 4 is 104 Å². The third-order valence-electron chi connectivity index (χ3n) is 10.5. The highest BCUT2D eigenvalue weighted by Crippen LogP contribution is 2.65. The number of benzene rings is 1. The van der Waals surface area contributed by atoms with Crippen molar-refractivity contribution in [1.82, 2.24) is 20.4 Å². The van der Waals surface area contributed by atoms with Crippen LogP contribution in [0.15, 0.2) is 24.3 Å². The van der Waals surface area contributed by atoms with Crippen molar-refractivity contribution in [1.29, 1.82) is 0 Å². The molecule has 0 saturated carbocycles. The fraction of sp³-hybridized carbons (Fsp3) is 0.600. The van der Waals surface area contributed by atoms with E-state index in [4.69, 9.17) is 19.9 Å². The lowest BCUT2D eigenvalue weighted by Gasteiger charge is -2.28. The van der Waals surface area contributed by atoms with E-state index in [0.717, 1.165) is 44.0 Å². The van der Waals surface area contributed by atoms with Crippen LogP contribution in [-0.4, -0.2) is 161 Å². The molecule has 7 amide bonds. The standard InChI is InChI=1S/C25H36N4O10S3.C20H25NO5/c1-16(18(32)14-27-15-30)12-17(31)4-11-40-19-13-22(35)29(23(19)36)6-2-21(34)28-5-8-39-10-9-38-7-3-20(33)25(24(26)37)41-42-25;1-2-3-17(22)13-26-14-18(23)12-16-6-4-15(5-7-16)8-9-19(24)21-11-10-20(21)25/h15-16,19H,2-14H2,1H3,(H2,26,37)(H,27,30)(H,28,34);4-7H,2-3,8-14H2,1H3/t16-,19?;/m0./s1. The van der Waals surface area contributed by atoms with Gasteiger partial charge in [-0.3, -0.25) is 67.3 Å². The van der Waals surface area contributed by atoms with Crippen molar-refractivity contribution in [3.63, 3.8) is 0 Å². The number of ketones is 5. The molecule has 1 aromatic carbocycles. The summed E-state index contributed by atoms with van der Waals surface area (Å²) in [5.41, 5.74) is 7.08. The number of nitrogens with zero attached hydrogens (tertiary/aromatic N) is 2. The summed E-state index contributed by atoms with van der Waals surface area (Å²) < 4.78 is 14.7. The van der Waals surface area contributed by atoms with Crippen molar-refractivity contribution < 1.29 is 71.7 Å². The molecule has 0 aliphatic carbocycles. The second kappa shape index (κ2) is 30.6. The molecular formula is C45H61N5O15S3. The zero-order valence-corrected chi connectivity index (χ0v) is 40.9. The summed E-state index contributed by atoms with van der Waals surface area (Å²) >= 11 is 1.20. The summed E-state index contributed by atoms with van der Waals surface area (Å²) in [6.07, 6.45) is 3.47. The fourth-order valence-electron chi connectivity index (χ4n) is 6.47. The van der Waals surface area contributed by atoms with Crippen LogP contribution >= 0.6 is 33.3 Å². The van der Waals surface area contributed by atoms with Crippen LogP contribution in [0.5, 0.6) is 0 Å². The summed E-state index contributed by atoms with van der Waals surface area (Å²) in [5, 5.41) is 4.30. The van der Waals surface area contributed by atoms with Gasteiger partial charge in [0.25, 0.3) is 5.91 Å². The van der Waals surface area contributed by atoms with Crippen LogP contribution in [0.25, 0.3) is 0 Å². The van der Waals surface area contributed by atoms with Crippen LogP contribution in [0.4, 0.5) is 0 Å². The molecule has 2 atom stereocenters. The zero-order chi connectivity index (χ0) is 50.1. The zero-order valence-electron chi connectivity index (χ0n) is 38.4. The lowest BCUT2D eigenvalue weighted by molar-refractivity contribution is -0.152. The van der Waals surface area contributed by atoms with Crippen molar-refractivity contribution in [2.75, 3.05) is 71.6 Å². The van der Waals surface area contributed by atoms with Crippen LogP contribution in [0.3, 0.4) is 0 Å². The molecule has 68 heavy (non-hydrogen) atoms. The minimum Gasteiger partial charge on any atom is -0.379 e. The number of primary amides is 1. The average Bonchev–Trinajstić information content (AvgIpc) is 4.07. The van der Waals surface area contributed by atoms with Crippen LogP contribution < -0.4 is 16.4 Å². The first-order valence-corrected chi connectivity index (χ1v) is 25.5. The van der Waals surface area contributed by atoms with E-state index in [1.165, 1.54) is 16.7 Å². The molecule has 4 rings (SSSR count). The summed E-state index contributed by atoms with van der Waals surface area (Å²) in [7, 11) is 2.29. The first-order chi connectivity index (χ1) is 32.5. The number of aryl methyl sites for hydroxylation is 1. The predicted octanol–water partition coefficient (Wildman–Crippen LogP) is 1.10. The normalized spacial score (nSPS) is 16.2. The van der Waals surface area contributed by atoms with E-state index < -0.39 is 27.1 Å². The molecule has 1 unspecified atom stereocenters. The number of ether oxygens (including phenoxy) is 3. The first-order valence-electron chi connectivity index (χ1n) is 22.3. The van der Waals surface area contributed by atoms with E-state index in [1.54, 1.807) is 6.92 Å². The van der Waals surface area contributed by atoms with E-state index in [0.29, 0.717) is 44.4 Å². The number of carbonyl (C=O) groups is 12. The Balaban J connectivity index is 0.000000402. The number of amides is 7. The summed E-state index contributed by atoms with van der Waals surface area (Å²) in [6.45, 7) is 4.88. The minimum atomic E-state index is -1.16. The Hall–Kier alpha value is -4.81. The quantitative estimate of drug-likeness (QED) is 0.0163. The Morgan fingerprint density at radius 2 is 1.53 bits per heavy atom. The van der Waals surface area contributed by atoms with E-state index in [1.807, 2.05) is 31.2 Å². The number of carbonyl (C=O) groups excluding carboxylic acids is 12. The highest BCUT2D eigenvalue weighted by Gasteiger charge is 2.58. The molecule has 20 nitrogen and oxygen atoms in total. The molecule has 0 bridgehead atoms. The Morgan fingerprint density at radius 3 is 2.15 bits per heavy atom. The van der Waals surface area contributed by atoms with E-state index in [2.05, 4.69) is 10.6 Å². The van der Waals surface area contributed by atoms with Crippen LogP contribution in [-0.2, 0) is 84.6 Å². The number of hydrogen-bond acceptors (Lipinski definition) is 18. The topological polar surface area (TPSA) is 289 Å². The third-order valence-corrected chi connectivity index (χ3v) is 14.6. The Bertz CT molecular complexity index is 1980. The number of Topliss-reactive ketones (excluding diaryl/α,β-unsaturated/α-hetero) is 5. The van der Waals surface area contributed by atoms with Crippen LogP contribution in [0.1, 0.15) is 82.8 Å². The van der Waals surface area contributed by atoms with Crippen molar-refractivity contribution in [2.45, 2.75) is 93.8 Å². The second-order valence-electron chi connectivity index (χ2n) is 16.0. The second-order valence-corrected chi connectivity index (χ2v) is 20.1. The summed E-state index contributed by atoms with van der Waals surface area (Å²) in [4.78, 5) is 143.